The highest BCUT2D eigenvalue weighted by Crippen LogP contribution is 2.29. The summed E-state index contributed by atoms with van der Waals surface area (Å²) in [5, 5.41) is 9.35. The van der Waals surface area contributed by atoms with Crippen LogP contribution in [0.1, 0.15) is 24.2 Å². The zero-order chi connectivity index (χ0) is 10.7. The molecule has 0 heterocycles. The van der Waals surface area contributed by atoms with E-state index >= 15 is 0 Å². The van der Waals surface area contributed by atoms with Gasteiger partial charge in [-0.1, -0.05) is 0 Å². The molecule has 0 aliphatic rings. The third kappa shape index (κ3) is 2.02. The monoisotopic (exact) mass is 198 g/mol. The number of carbonyl (C=O) groups is 1. The van der Waals surface area contributed by atoms with Crippen LogP contribution in [-0.4, -0.2) is 17.5 Å². The molecule has 0 aromatic heterocycles. The highest BCUT2D eigenvalue weighted by Gasteiger charge is 2.12. The Kier molecular flexibility index (Phi) is 3.06. The summed E-state index contributed by atoms with van der Waals surface area (Å²) >= 11 is 0. The molecule has 0 aliphatic carbocycles. The van der Waals surface area contributed by atoms with Gasteiger partial charge in [-0.25, -0.2) is 4.39 Å². The van der Waals surface area contributed by atoms with E-state index < -0.39 is 11.6 Å². The van der Waals surface area contributed by atoms with Crippen molar-refractivity contribution in [3.05, 3.63) is 23.5 Å². The van der Waals surface area contributed by atoms with Gasteiger partial charge in [-0.15, -0.1) is 0 Å². The van der Waals surface area contributed by atoms with Crippen LogP contribution in [0.3, 0.4) is 0 Å². The third-order valence-electron chi connectivity index (χ3n) is 1.73. The molecule has 76 valence electrons. The summed E-state index contributed by atoms with van der Waals surface area (Å²) in [7, 11) is 0. The van der Waals surface area contributed by atoms with Gasteiger partial charge < -0.3 is 9.84 Å². The fourth-order valence-corrected chi connectivity index (χ4v) is 1.08. The smallest absolute Gasteiger partial charge is 0.163 e. The molecule has 0 saturated heterocycles. The van der Waals surface area contributed by atoms with Crippen molar-refractivity contribution >= 4 is 5.78 Å². The maximum atomic E-state index is 13.2. The number of hydrogen-bond donors (Lipinski definition) is 1. The van der Waals surface area contributed by atoms with E-state index in [0.717, 1.165) is 12.1 Å². The Morgan fingerprint density at radius 2 is 2.21 bits per heavy atom. The van der Waals surface area contributed by atoms with Gasteiger partial charge in [0.1, 0.15) is 5.82 Å². The van der Waals surface area contributed by atoms with E-state index in [9.17, 15) is 14.3 Å². The number of hydrogen-bond acceptors (Lipinski definition) is 3. The van der Waals surface area contributed by atoms with Gasteiger partial charge in [-0.3, -0.25) is 4.79 Å². The number of phenols is 1. The Morgan fingerprint density at radius 3 is 2.71 bits per heavy atom. The van der Waals surface area contributed by atoms with Crippen LogP contribution in [0.4, 0.5) is 4.39 Å². The molecule has 14 heavy (non-hydrogen) atoms. The lowest BCUT2D eigenvalue weighted by atomic mass is 10.1. The van der Waals surface area contributed by atoms with E-state index in [2.05, 4.69) is 0 Å². The highest BCUT2D eigenvalue weighted by molar-refractivity contribution is 5.95. The van der Waals surface area contributed by atoms with Crippen LogP contribution in [0.2, 0.25) is 0 Å². The fraction of sp³-hybridized carbons (Fsp3) is 0.300. The summed E-state index contributed by atoms with van der Waals surface area (Å²) in [5.74, 6) is -1.28. The van der Waals surface area contributed by atoms with E-state index in [1.165, 1.54) is 6.92 Å². The van der Waals surface area contributed by atoms with Crippen molar-refractivity contribution < 1.29 is 19.0 Å². The molecule has 0 aliphatic heterocycles. The SMILES string of the molecule is CCOc1cc(F)c(C(C)=O)cc1O. The van der Waals surface area contributed by atoms with Crippen molar-refractivity contribution in [3.63, 3.8) is 0 Å². The number of phenolic OH excluding ortho intramolecular Hbond substituents is 1. The maximum absolute atomic E-state index is 13.2. The van der Waals surface area contributed by atoms with Crippen LogP contribution in [0, 0.1) is 5.82 Å². The molecule has 1 aromatic carbocycles. The standard InChI is InChI=1S/C10H11FO3/c1-3-14-10-5-8(11)7(6(2)12)4-9(10)13/h4-5,13H,3H2,1-2H3. The molecule has 0 saturated carbocycles. The lowest BCUT2D eigenvalue weighted by molar-refractivity contribution is 0.101. The second-order valence-electron chi connectivity index (χ2n) is 2.79. The molecule has 0 bridgehead atoms. The molecule has 3 nitrogen and oxygen atoms in total. The average Bonchev–Trinajstić information content (AvgIpc) is 2.10. The summed E-state index contributed by atoms with van der Waals surface area (Å²) < 4.78 is 18.1. The first-order valence-electron chi connectivity index (χ1n) is 4.22. The van der Waals surface area contributed by atoms with Gasteiger partial charge in [-0.2, -0.15) is 0 Å². The summed E-state index contributed by atoms with van der Waals surface area (Å²) in [6.07, 6.45) is 0. The molecule has 0 fully saturated rings. The number of carbonyl (C=O) groups excluding carboxylic acids is 1. The van der Waals surface area contributed by atoms with E-state index in [1.807, 2.05) is 0 Å². The number of benzene rings is 1. The van der Waals surface area contributed by atoms with E-state index in [-0.39, 0.29) is 17.1 Å². The Morgan fingerprint density at radius 1 is 1.57 bits per heavy atom. The lowest BCUT2D eigenvalue weighted by Crippen LogP contribution is -1.99. The molecule has 1 N–H and O–H groups in total. The predicted molar refractivity (Wildman–Crippen MR) is 49.2 cm³/mol. The Balaban J connectivity index is 3.17. The summed E-state index contributed by atoms with van der Waals surface area (Å²) in [6.45, 7) is 3.28. The van der Waals surface area contributed by atoms with Crippen LogP contribution >= 0.6 is 0 Å². The molecular weight excluding hydrogens is 187 g/mol. The van der Waals surface area contributed by atoms with Crippen molar-refractivity contribution in [2.45, 2.75) is 13.8 Å². The Labute approximate surface area is 81.1 Å². The minimum absolute atomic E-state index is 0.0509. The van der Waals surface area contributed by atoms with Crippen LogP contribution in [-0.2, 0) is 0 Å². The highest BCUT2D eigenvalue weighted by atomic mass is 19.1. The number of rotatable bonds is 3. The molecule has 0 amide bonds. The number of ether oxygens (including phenoxy) is 1. The van der Waals surface area contributed by atoms with Crippen LogP contribution in [0.5, 0.6) is 11.5 Å². The molecular formula is C10H11FO3. The Bertz CT molecular complexity index is 361. The van der Waals surface area contributed by atoms with Gasteiger partial charge in [-0.05, 0) is 19.9 Å². The largest absolute Gasteiger partial charge is 0.504 e. The molecule has 0 radical (unpaired) electrons. The van der Waals surface area contributed by atoms with Crippen molar-refractivity contribution in [3.8, 4) is 11.5 Å². The third-order valence-corrected chi connectivity index (χ3v) is 1.73. The number of Topliss-reactive ketones (excluding diaryl/α,β-unsaturated/α-hetero) is 1. The van der Waals surface area contributed by atoms with E-state index in [0.29, 0.717) is 6.61 Å². The van der Waals surface area contributed by atoms with Gasteiger partial charge in [0.15, 0.2) is 17.3 Å². The predicted octanol–water partition coefficient (Wildman–Crippen LogP) is 2.13. The first kappa shape index (κ1) is 10.5. The van der Waals surface area contributed by atoms with Crippen LogP contribution < -0.4 is 4.74 Å². The van der Waals surface area contributed by atoms with Gasteiger partial charge in [0.05, 0.1) is 12.2 Å². The molecule has 1 aromatic rings. The number of ketones is 1. The second-order valence-corrected chi connectivity index (χ2v) is 2.79. The zero-order valence-corrected chi connectivity index (χ0v) is 8.00. The van der Waals surface area contributed by atoms with E-state index in [1.54, 1.807) is 6.92 Å². The number of halogens is 1. The summed E-state index contributed by atoms with van der Waals surface area (Å²) in [6, 6.07) is 2.08. The topological polar surface area (TPSA) is 46.5 Å². The Hall–Kier alpha value is -1.58. The van der Waals surface area contributed by atoms with Crippen molar-refractivity contribution in [2.24, 2.45) is 0 Å². The van der Waals surface area contributed by atoms with E-state index in [4.69, 9.17) is 4.74 Å². The van der Waals surface area contributed by atoms with Crippen LogP contribution in [0.15, 0.2) is 12.1 Å². The fourth-order valence-electron chi connectivity index (χ4n) is 1.08. The maximum Gasteiger partial charge on any atom is 0.163 e. The second kappa shape index (κ2) is 4.09. The average molecular weight is 198 g/mol. The molecule has 0 unspecified atom stereocenters. The van der Waals surface area contributed by atoms with Crippen LogP contribution in [0.25, 0.3) is 0 Å². The lowest BCUT2D eigenvalue weighted by Gasteiger charge is -2.07. The normalized spacial score (nSPS) is 9.93. The minimum atomic E-state index is -0.682. The minimum Gasteiger partial charge on any atom is -0.504 e. The quantitative estimate of drug-likeness (QED) is 0.757. The first-order chi connectivity index (χ1) is 6.56. The van der Waals surface area contributed by atoms with Gasteiger partial charge in [0, 0.05) is 6.07 Å². The molecule has 1 rings (SSSR count). The molecule has 0 spiro atoms. The molecule has 4 heteroatoms. The summed E-state index contributed by atoms with van der Waals surface area (Å²) in [4.78, 5) is 10.9. The first-order valence-corrected chi connectivity index (χ1v) is 4.22. The van der Waals surface area contributed by atoms with Gasteiger partial charge in [0.25, 0.3) is 0 Å². The van der Waals surface area contributed by atoms with Gasteiger partial charge >= 0.3 is 0 Å². The van der Waals surface area contributed by atoms with Gasteiger partial charge in [0.2, 0.25) is 0 Å². The summed E-state index contributed by atoms with van der Waals surface area (Å²) in [5.41, 5.74) is -0.133. The van der Waals surface area contributed by atoms with Crippen molar-refractivity contribution in [2.75, 3.05) is 6.61 Å². The van der Waals surface area contributed by atoms with Crippen molar-refractivity contribution in [1.29, 1.82) is 0 Å². The molecule has 0 atom stereocenters. The number of aromatic hydroxyl groups is 1. The zero-order valence-electron chi connectivity index (χ0n) is 8.00. The van der Waals surface area contributed by atoms with Crippen molar-refractivity contribution in [1.82, 2.24) is 0 Å².